The molecule has 0 bridgehead atoms. The van der Waals surface area contributed by atoms with Gasteiger partial charge in [-0.25, -0.2) is 0 Å². The predicted molar refractivity (Wildman–Crippen MR) is 92.6 cm³/mol. The zero-order valence-corrected chi connectivity index (χ0v) is 12.9. The fourth-order valence-corrected chi connectivity index (χ4v) is 3.41. The Labute approximate surface area is 134 Å². The van der Waals surface area contributed by atoms with E-state index in [1.807, 2.05) is 24.5 Å². The van der Waals surface area contributed by atoms with Crippen LogP contribution < -0.4 is 9.64 Å². The number of benzene rings is 1. The molecule has 1 aromatic heterocycles. The first-order valence-electron chi connectivity index (χ1n) is 7.59. The van der Waals surface area contributed by atoms with Gasteiger partial charge in [0.2, 0.25) is 0 Å². The summed E-state index contributed by atoms with van der Waals surface area (Å²) < 4.78 is 5.27. The Morgan fingerprint density at radius 3 is 2.59 bits per heavy atom. The lowest BCUT2D eigenvalue weighted by atomic mass is 9.88. The van der Waals surface area contributed by atoms with Crippen molar-refractivity contribution in [3.8, 4) is 5.75 Å². The number of hydrogen-bond donors (Lipinski definition) is 0. The van der Waals surface area contributed by atoms with E-state index in [2.05, 4.69) is 41.9 Å². The van der Waals surface area contributed by atoms with Crippen molar-refractivity contribution in [2.24, 2.45) is 0 Å². The summed E-state index contributed by atoms with van der Waals surface area (Å²) in [6.45, 7) is 4.55. The van der Waals surface area contributed by atoms with Crippen LogP contribution in [-0.2, 0) is 6.42 Å². The largest absolute Gasteiger partial charge is 0.497 e. The average Bonchev–Trinajstić information content (AvgIpc) is 2.53. The van der Waals surface area contributed by atoms with Crippen molar-refractivity contribution >= 4 is 5.69 Å². The highest BCUT2D eigenvalue weighted by atomic mass is 16.5. The first-order valence-corrected chi connectivity index (χ1v) is 7.59. The molecule has 0 spiro atoms. The van der Waals surface area contributed by atoms with Crippen LogP contribution in [0.3, 0.4) is 0 Å². The van der Waals surface area contributed by atoms with Crippen molar-refractivity contribution in [3.05, 3.63) is 53.9 Å². The van der Waals surface area contributed by atoms with E-state index in [9.17, 15) is 0 Å². The predicted octanol–water partition coefficient (Wildman–Crippen LogP) is 4.63. The van der Waals surface area contributed by atoms with E-state index >= 15 is 0 Å². The molecular formula is C19H26N2O. The Morgan fingerprint density at radius 1 is 1.23 bits per heavy atom. The van der Waals surface area contributed by atoms with Crippen LogP contribution >= 0.6 is 0 Å². The van der Waals surface area contributed by atoms with Gasteiger partial charge >= 0.3 is 0 Å². The summed E-state index contributed by atoms with van der Waals surface area (Å²) in [6.07, 6.45) is 6.07. The molecule has 0 aliphatic carbocycles. The van der Waals surface area contributed by atoms with E-state index in [-0.39, 0.29) is 7.43 Å². The van der Waals surface area contributed by atoms with Gasteiger partial charge in [-0.3, -0.25) is 4.98 Å². The Kier molecular flexibility index (Phi) is 5.07. The van der Waals surface area contributed by atoms with Gasteiger partial charge in [-0.15, -0.1) is 0 Å². The maximum atomic E-state index is 5.27. The molecule has 2 atom stereocenters. The van der Waals surface area contributed by atoms with Crippen molar-refractivity contribution in [1.29, 1.82) is 0 Å². The minimum atomic E-state index is 0. The summed E-state index contributed by atoms with van der Waals surface area (Å²) in [4.78, 5) is 6.82. The quantitative estimate of drug-likeness (QED) is 0.826. The third-order valence-electron chi connectivity index (χ3n) is 4.38. The van der Waals surface area contributed by atoms with E-state index in [1.54, 1.807) is 7.11 Å². The number of rotatable bonds is 3. The smallest absolute Gasteiger partial charge is 0.119 e. The van der Waals surface area contributed by atoms with Crippen LogP contribution in [0, 0.1) is 0 Å². The van der Waals surface area contributed by atoms with Crippen LogP contribution in [0.2, 0.25) is 0 Å². The van der Waals surface area contributed by atoms with Gasteiger partial charge in [-0.1, -0.05) is 14.4 Å². The molecule has 22 heavy (non-hydrogen) atoms. The lowest BCUT2D eigenvalue weighted by Gasteiger charge is -2.43. The Hall–Kier alpha value is -2.03. The molecule has 1 aromatic carbocycles. The zero-order chi connectivity index (χ0) is 14.8. The Bertz CT molecular complexity index is 609. The van der Waals surface area contributed by atoms with Gasteiger partial charge in [0.25, 0.3) is 0 Å². The molecule has 0 amide bonds. The highest BCUT2D eigenvalue weighted by molar-refractivity contribution is 5.54. The molecule has 0 radical (unpaired) electrons. The highest BCUT2D eigenvalue weighted by Crippen LogP contribution is 2.38. The molecule has 2 heterocycles. The van der Waals surface area contributed by atoms with Gasteiger partial charge in [-0.05, 0) is 61.2 Å². The SMILES string of the molecule is C.CCC1c2ccncc2C[C@H](C)N1c1ccc(OC)cc1. The minimum absolute atomic E-state index is 0. The number of aromatic nitrogens is 1. The second kappa shape index (κ2) is 6.82. The van der Waals surface area contributed by atoms with Crippen LogP contribution in [0.4, 0.5) is 5.69 Å². The summed E-state index contributed by atoms with van der Waals surface area (Å²) in [5.74, 6) is 0.904. The third-order valence-corrected chi connectivity index (χ3v) is 4.38. The summed E-state index contributed by atoms with van der Waals surface area (Å²) in [6, 6.07) is 11.5. The van der Waals surface area contributed by atoms with E-state index in [4.69, 9.17) is 4.74 Å². The summed E-state index contributed by atoms with van der Waals surface area (Å²) in [5, 5.41) is 0. The van der Waals surface area contributed by atoms with E-state index in [1.165, 1.54) is 16.8 Å². The number of ether oxygens (including phenoxy) is 1. The molecule has 1 aliphatic heterocycles. The maximum absolute atomic E-state index is 5.27. The number of anilines is 1. The fraction of sp³-hybridized carbons (Fsp3) is 0.421. The maximum Gasteiger partial charge on any atom is 0.119 e. The first-order chi connectivity index (χ1) is 10.2. The van der Waals surface area contributed by atoms with Crippen LogP contribution in [-0.4, -0.2) is 18.1 Å². The van der Waals surface area contributed by atoms with Gasteiger partial charge in [0.1, 0.15) is 5.75 Å². The Morgan fingerprint density at radius 2 is 1.95 bits per heavy atom. The van der Waals surface area contributed by atoms with E-state index < -0.39 is 0 Å². The summed E-state index contributed by atoms with van der Waals surface area (Å²) in [7, 11) is 1.70. The monoisotopic (exact) mass is 298 g/mol. The topological polar surface area (TPSA) is 25.4 Å². The number of nitrogens with zero attached hydrogens (tertiary/aromatic N) is 2. The van der Waals surface area contributed by atoms with E-state index in [0.29, 0.717) is 12.1 Å². The fourth-order valence-electron chi connectivity index (χ4n) is 3.41. The molecule has 3 rings (SSSR count). The zero-order valence-electron chi connectivity index (χ0n) is 12.9. The molecular weight excluding hydrogens is 272 g/mol. The molecule has 2 aromatic rings. The second-order valence-corrected chi connectivity index (χ2v) is 5.66. The van der Waals surface area contributed by atoms with Gasteiger partial charge in [0, 0.05) is 24.1 Å². The van der Waals surface area contributed by atoms with Gasteiger partial charge < -0.3 is 9.64 Å². The van der Waals surface area contributed by atoms with Crippen molar-refractivity contribution in [2.45, 2.75) is 46.2 Å². The van der Waals surface area contributed by atoms with Crippen molar-refractivity contribution in [1.82, 2.24) is 4.98 Å². The molecule has 0 N–H and O–H groups in total. The van der Waals surface area contributed by atoms with Crippen LogP contribution in [0.1, 0.15) is 44.9 Å². The normalized spacial score (nSPS) is 20.0. The Balaban J connectivity index is 0.00000176. The number of hydrogen-bond acceptors (Lipinski definition) is 3. The molecule has 3 nitrogen and oxygen atoms in total. The minimum Gasteiger partial charge on any atom is -0.497 e. The number of pyridine rings is 1. The molecule has 118 valence electrons. The molecule has 0 fully saturated rings. The van der Waals surface area contributed by atoms with Crippen molar-refractivity contribution in [3.63, 3.8) is 0 Å². The number of fused-ring (bicyclic) bond motifs is 1. The van der Waals surface area contributed by atoms with Crippen molar-refractivity contribution in [2.75, 3.05) is 12.0 Å². The lowest BCUT2D eigenvalue weighted by Crippen LogP contribution is -2.42. The lowest BCUT2D eigenvalue weighted by molar-refractivity contribution is 0.414. The van der Waals surface area contributed by atoms with Crippen LogP contribution in [0.25, 0.3) is 0 Å². The molecule has 1 aliphatic rings. The first kappa shape index (κ1) is 16.3. The molecule has 3 heteroatoms. The van der Waals surface area contributed by atoms with Crippen LogP contribution in [0.5, 0.6) is 5.75 Å². The standard InChI is InChI=1S/C18H22N2O.CH4/c1-4-18-17-9-10-19-12-14(17)11-13(2)20(18)15-5-7-16(21-3)8-6-15;/h5-10,12-13,18H,4,11H2,1-3H3;1H4/t13-,18?;/m0./s1. The highest BCUT2D eigenvalue weighted by Gasteiger charge is 2.31. The summed E-state index contributed by atoms with van der Waals surface area (Å²) >= 11 is 0. The number of methoxy groups -OCH3 is 1. The van der Waals surface area contributed by atoms with Crippen molar-refractivity contribution < 1.29 is 4.74 Å². The second-order valence-electron chi connectivity index (χ2n) is 5.66. The third kappa shape index (κ3) is 2.80. The molecule has 0 saturated carbocycles. The van der Waals surface area contributed by atoms with Crippen LogP contribution in [0.15, 0.2) is 42.7 Å². The molecule has 0 saturated heterocycles. The van der Waals surface area contributed by atoms with E-state index in [0.717, 1.165) is 18.6 Å². The molecule has 1 unspecified atom stereocenters. The average molecular weight is 298 g/mol. The van der Waals surface area contributed by atoms with Gasteiger partial charge in [0.05, 0.1) is 13.2 Å². The summed E-state index contributed by atoms with van der Waals surface area (Å²) in [5.41, 5.74) is 4.07. The van der Waals surface area contributed by atoms with Gasteiger partial charge in [-0.2, -0.15) is 0 Å². The van der Waals surface area contributed by atoms with Gasteiger partial charge in [0.15, 0.2) is 0 Å².